The van der Waals surface area contributed by atoms with Crippen molar-refractivity contribution in [1.82, 2.24) is 15.2 Å². The Morgan fingerprint density at radius 2 is 2.12 bits per heavy atom. The van der Waals surface area contributed by atoms with Gasteiger partial charge in [-0.25, -0.2) is 0 Å². The zero-order valence-electron chi connectivity index (χ0n) is 18.0. The van der Waals surface area contributed by atoms with E-state index in [-0.39, 0.29) is 30.5 Å². The monoisotopic (exact) mass is 518 g/mol. The lowest BCUT2D eigenvalue weighted by Crippen LogP contribution is -2.45. The largest absolute Gasteiger partial charge is 0.490 e. The van der Waals surface area contributed by atoms with Crippen molar-refractivity contribution in [2.45, 2.75) is 38.1 Å². The number of nitriles is 1. The molecule has 1 aliphatic heterocycles. The minimum Gasteiger partial charge on any atom is -0.490 e. The molecule has 3 N–H and O–H groups in total. The van der Waals surface area contributed by atoms with E-state index < -0.39 is 33.6 Å². The lowest BCUT2D eigenvalue weighted by Gasteiger charge is -2.33. The molecular formula is C21H22ClF3N4O4S. The molecule has 13 heteroatoms. The molecule has 184 valence electrons. The van der Waals surface area contributed by atoms with Gasteiger partial charge in [0.15, 0.2) is 0 Å². The van der Waals surface area contributed by atoms with E-state index in [0.717, 1.165) is 0 Å². The van der Waals surface area contributed by atoms with Crippen LogP contribution < -0.4 is 14.9 Å². The zero-order valence-corrected chi connectivity index (χ0v) is 19.6. The van der Waals surface area contributed by atoms with Crippen molar-refractivity contribution in [3.05, 3.63) is 48.5 Å². The molecule has 2 aromatic rings. The first-order valence-corrected chi connectivity index (χ1v) is 11.5. The summed E-state index contributed by atoms with van der Waals surface area (Å²) in [6.07, 6.45) is -4.61. The van der Waals surface area contributed by atoms with Crippen LogP contribution in [0.15, 0.2) is 16.9 Å². The first kappa shape index (κ1) is 26.0. The first-order valence-electron chi connectivity index (χ1n) is 10.3. The van der Waals surface area contributed by atoms with E-state index in [1.165, 1.54) is 0 Å². The van der Waals surface area contributed by atoms with Crippen LogP contribution >= 0.6 is 22.9 Å². The van der Waals surface area contributed by atoms with Crippen LogP contribution in [0.1, 0.15) is 39.3 Å². The minimum atomic E-state index is -4.86. The van der Waals surface area contributed by atoms with Gasteiger partial charge in [0.25, 0.3) is 5.91 Å². The van der Waals surface area contributed by atoms with Gasteiger partial charge in [-0.1, -0.05) is 22.9 Å². The molecule has 1 aromatic heterocycles. The Balaban J connectivity index is 1.46. The summed E-state index contributed by atoms with van der Waals surface area (Å²) in [7, 11) is 0. The number of amides is 1. The summed E-state index contributed by atoms with van der Waals surface area (Å²) in [6.45, 7) is 2.95. The third-order valence-electron chi connectivity index (χ3n) is 5.39. The molecule has 0 unspecified atom stereocenters. The summed E-state index contributed by atoms with van der Waals surface area (Å²) in [5.41, 5.74) is -0.325. The predicted molar refractivity (Wildman–Crippen MR) is 119 cm³/mol. The number of benzene rings is 1. The van der Waals surface area contributed by atoms with Crippen molar-refractivity contribution in [2.24, 2.45) is 0 Å². The van der Waals surface area contributed by atoms with Crippen molar-refractivity contribution in [3.63, 3.8) is 0 Å². The van der Waals surface area contributed by atoms with Crippen LogP contribution in [-0.2, 0) is 6.18 Å². The van der Waals surface area contributed by atoms with Crippen molar-refractivity contribution in [3.8, 4) is 11.8 Å². The summed E-state index contributed by atoms with van der Waals surface area (Å²) < 4.78 is 44.9. The SMILES string of the molecule is Cc1c(OC2CCN(C[C@H](O)CNC(=O)c3sc(=O)[nH]c3C(F)(F)F)CC2)ccc(C#N)c1Cl. The number of halogens is 4. The standard InChI is InChI=1S/C21H22ClF3N4O4S/c1-11-15(3-2-12(8-26)16(11)22)33-14-4-6-29(7-5-14)10-13(30)9-27-19(31)17-18(21(23,24)25)28-20(32)34-17/h2-3,13-14,30H,4-7,9-10H2,1H3,(H,27,31)(H,28,32)/t13-/m1/s1. The Bertz CT molecular complexity index is 1140. The number of aromatic nitrogens is 1. The Labute approximate surface area is 201 Å². The molecule has 2 heterocycles. The Morgan fingerprint density at radius 1 is 1.44 bits per heavy atom. The Kier molecular flexibility index (Phi) is 8.25. The summed E-state index contributed by atoms with van der Waals surface area (Å²) in [5, 5.41) is 21.9. The van der Waals surface area contributed by atoms with Gasteiger partial charge >= 0.3 is 11.0 Å². The second-order valence-corrected chi connectivity index (χ2v) is 9.22. The summed E-state index contributed by atoms with van der Waals surface area (Å²) in [6, 6.07) is 5.34. The number of carbonyl (C=O) groups is 1. The average Bonchev–Trinajstić information content (AvgIpc) is 3.19. The molecule has 1 atom stereocenters. The number of H-pyrrole nitrogens is 1. The second-order valence-electron chi connectivity index (χ2n) is 7.86. The lowest BCUT2D eigenvalue weighted by atomic mass is 10.1. The van der Waals surface area contributed by atoms with E-state index in [1.807, 2.05) is 11.0 Å². The third-order valence-corrected chi connectivity index (χ3v) is 6.76. The summed E-state index contributed by atoms with van der Waals surface area (Å²) >= 11 is 6.35. The van der Waals surface area contributed by atoms with Gasteiger partial charge in [0.2, 0.25) is 0 Å². The van der Waals surface area contributed by atoms with E-state index in [2.05, 4.69) is 5.32 Å². The zero-order chi connectivity index (χ0) is 25.0. The molecule has 1 fully saturated rings. The van der Waals surface area contributed by atoms with Crippen LogP contribution in [0.4, 0.5) is 13.2 Å². The van der Waals surface area contributed by atoms with Crippen molar-refractivity contribution >= 4 is 28.8 Å². The smallest absolute Gasteiger partial charge is 0.432 e. The number of piperidine rings is 1. The molecule has 1 saturated heterocycles. The number of thiazole rings is 1. The number of ether oxygens (including phenoxy) is 1. The van der Waals surface area contributed by atoms with E-state index in [0.29, 0.717) is 47.8 Å². The van der Waals surface area contributed by atoms with Gasteiger partial charge in [-0.15, -0.1) is 0 Å². The van der Waals surface area contributed by atoms with Gasteiger partial charge in [-0.2, -0.15) is 18.4 Å². The van der Waals surface area contributed by atoms with Gasteiger partial charge in [0.05, 0.1) is 16.7 Å². The van der Waals surface area contributed by atoms with Crippen molar-refractivity contribution < 1.29 is 27.8 Å². The number of aromatic amines is 1. The molecule has 1 aliphatic rings. The number of alkyl halides is 3. The number of nitrogens with zero attached hydrogens (tertiary/aromatic N) is 2. The Hall–Kier alpha value is -2.59. The average molecular weight is 519 g/mol. The fourth-order valence-electron chi connectivity index (χ4n) is 3.61. The van der Waals surface area contributed by atoms with Crippen molar-refractivity contribution in [2.75, 3.05) is 26.2 Å². The maximum atomic E-state index is 12.9. The molecular weight excluding hydrogens is 497 g/mol. The van der Waals surface area contributed by atoms with Crippen LogP contribution in [0.25, 0.3) is 0 Å². The molecule has 0 aliphatic carbocycles. The highest BCUT2D eigenvalue weighted by molar-refractivity contribution is 7.11. The fraction of sp³-hybridized carbons (Fsp3) is 0.476. The fourth-order valence-corrected chi connectivity index (χ4v) is 4.58. The summed E-state index contributed by atoms with van der Waals surface area (Å²) in [5.74, 6) is -0.464. The molecule has 0 spiro atoms. The van der Waals surface area contributed by atoms with Gasteiger partial charge in [-0.05, 0) is 31.9 Å². The number of hydrogen-bond donors (Lipinski definition) is 3. The molecule has 34 heavy (non-hydrogen) atoms. The number of likely N-dealkylation sites (tertiary alicyclic amines) is 1. The maximum Gasteiger partial charge on any atom is 0.432 e. The number of rotatable bonds is 7. The van der Waals surface area contributed by atoms with Gasteiger partial charge in [0, 0.05) is 31.7 Å². The number of carbonyl (C=O) groups excluding carboxylic acids is 1. The van der Waals surface area contributed by atoms with Crippen LogP contribution in [-0.4, -0.2) is 59.3 Å². The maximum absolute atomic E-state index is 12.9. The van der Waals surface area contributed by atoms with E-state index in [1.54, 1.807) is 24.0 Å². The second kappa shape index (κ2) is 10.8. The first-order chi connectivity index (χ1) is 16.0. The molecule has 0 saturated carbocycles. The van der Waals surface area contributed by atoms with Crippen LogP contribution in [0.5, 0.6) is 5.75 Å². The molecule has 1 amide bonds. The highest BCUT2D eigenvalue weighted by Crippen LogP contribution is 2.32. The predicted octanol–water partition coefficient (Wildman–Crippen LogP) is 2.92. The topological polar surface area (TPSA) is 118 Å². The number of hydrogen-bond acceptors (Lipinski definition) is 7. The van der Waals surface area contributed by atoms with Crippen LogP contribution in [0.2, 0.25) is 5.02 Å². The Morgan fingerprint density at radius 3 is 2.74 bits per heavy atom. The quantitative estimate of drug-likeness (QED) is 0.518. The van der Waals surface area contributed by atoms with Gasteiger partial charge in [-0.3, -0.25) is 9.59 Å². The summed E-state index contributed by atoms with van der Waals surface area (Å²) in [4.78, 5) is 25.2. The highest BCUT2D eigenvalue weighted by Gasteiger charge is 2.38. The number of aliphatic hydroxyl groups excluding tert-OH is 1. The van der Waals surface area contributed by atoms with E-state index >= 15 is 0 Å². The van der Waals surface area contributed by atoms with Gasteiger partial charge < -0.3 is 25.0 Å². The third kappa shape index (κ3) is 6.29. The molecule has 0 bridgehead atoms. The molecule has 0 radical (unpaired) electrons. The number of β-amino-alcohol motifs (C(OH)–C–C–N with tert-alkyl or cyclic N) is 1. The van der Waals surface area contributed by atoms with Crippen LogP contribution in [0, 0.1) is 18.3 Å². The van der Waals surface area contributed by atoms with Crippen LogP contribution in [0.3, 0.4) is 0 Å². The van der Waals surface area contributed by atoms with Crippen molar-refractivity contribution in [1.29, 1.82) is 5.26 Å². The molecule has 8 nitrogen and oxygen atoms in total. The molecule has 3 rings (SSSR count). The highest BCUT2D eigenvalue weighted by atomic mass is 35.5. The van der Waals surface area contributed by atoms with E-state index in [9.17, 15) is 27.9 Å². The number of nitrogens with one attached hydrogen (secondary N) is 2. The minimum absolute atomic E-state index is 0.0760. The normalized spacial score (nSPS) is 16.1. The molecule has 1 aromatic carbocycles. The van der Waals surface area contributed by atoms with Gasteiger partial charge in [0.1, 0.15) is 28.5 Å². The van der Waals surface area contributed by atoms with E-state index in [4.69, 9.17) is 21.6 Å². The number of aliphatic hydroxyl groups is 1. The lowest BCUT2D eigenvalue weighted by molar-refractivity contribution is -0.141.